The minimum Gasteiger partial charge on any atom is -0.492 e. The first-order valence-corrected chi connectivity index (χ1v) is 8.25. The Labute approximate surface area is 139 Å². The van der Waals surface area contributed by atoms with E-state index in [0.717, 1.165) is 21.0 Å². The Hall–Kier alpha value is -1.92. The van der Waals surface area contributed by atoms with Gasteiger partial charge >= 0.3 is 4.87 Å². The van der Waals surface area contributed by atoms with Gasteiger partial charge in [0.15, 0.2) is 0 Å². The van der Waals surface area contributed by atoms with Crippen LogP contribution < -0.4 is 9.61 Å². The fourth-order valence-electron chi connectivity index (χ4n) is 2.15. The minimum atomic E-state index is 0.00741. The first-order valence-electron chi connectivity index (χ1n) is 6.64. The van der Waals surface area contributed by atoms with E-state index in [1.54, 1.807) is 28.8 Å². The van der Waals surface area contributed by atoms with Crippen molar-refractivity contribution in [3.8, 4) is 5.75 Å². The zero-order valence-corrected chi connectivity index (χ0v) is 13.9. The van der Waals surface area contributed by atoms with Crippen molar-refractivity contribution in [1.82, 2.24) is 4.57 Å². The summed E-state index contributed by atoms with van der Waals surface area (Å²) < 4.78 is 9.25. The molecule has 0 unspecified atom stereocenters. The van der Waals surface area contributed by atoms with Crippen LogP contribution in [0.2, 0.25) is 0 Å². The van der Waals surface area contributed by atoms with Gasteiger partial charge in [0.05, 0.1) is 16.8 Å². The van der Waals surface area contributed by atoms with Crippen LogP contribution in [0.25, 0.3) is 10.2 Å². The number of nitrogens with zero attached hydrogens (tertiary/aromatic N) is 1. The van der Waals surface area contributed by atoms with Gasteiger partial charge in [-0.25, -0.2) is 0 Å². The van der Waals surface area contributed by atoms with Crippen LogP contribution in [0.3, 0.4) is 0 Å². The van der Waals surface area contributed by atoms with Gasteiger partial charge in [-0.1, -0.05) is 27.3 Å². The quantitative estimate of drug-likeness (QED) is 0.636. The van der Waals surface area contributed by atoms with Gasteiger partial charge in [0.2, 0.25) is 0 Å². The normalized spacial score (nSPS) is 10.8. The molecule has 0 bridgehead atoms. The summed E-state index contributed by atoms with van der Waals surface area (Å²) in [6.07, 6.45) is 0.791. The molecule has 6 heteroatoms. The molecule has 3 rings (SSSR count). The number of benzene rings is 2. The van der Waals surface area contributed by atoms with Gasteiger partial charge in [0.1, 0.15) is 18.6 Å². The number of carbonyl (C=O) groups excluding carboxylic acids is 1. The van der Waals surface area contributed by atoms with Crippen LogP contribution in [0.1, 0.15) is 10.4 Å². The molecule has 0 radical (unpaired) electrons. The second-order valence-corrected chi connectivity index (χ2v) is 6.58. The number of thiazole rings is 1. The lowest BCUT2D eigenvalue weighted by atomic mass is 10.2. The second kappa shape index (κ2) is 6.46. The number of aldehydes is 1. The standard InChI is InChI=1S/C16H12BrNO3S/c17-12-3-6-14-15(9-12)22-16(20)18(14)7-8-21-13-4-1-11(10-19)2-5-13/h1-6,9-10H,7-8H2. The van der Waals surface area contributed by atoms with Crippen LogP contribution in [-0.4, -0.2) is 17.5 Å². The van der Waals surface area contributed by atoms with Gasteiger partial charge in [0, 0.05) is 10.0 Å². The average Bonchev–Trinajstić information content (AvgIpc) is 2.83. The Kier molecular flexibility index (Phi) is 4.40. The summed E-state index contributed by atoms with van der Waals surface area (Å²) in [5.41, 5.74) is 1.52. The summed E-state index contributed by atoms with van der Waals surface area (Å²) in [6.45, 7) is 0.873. The van der Waals surface area contributed by atoms with E-state index in [0.29, 0.717) is 24.5 Å². The van der Waals surface area contributed by atoms with Crippen LogP contribution in [0.4, 0.5) is 0 Å². The number of halogens is 1. The first kappa shape index (κ1) is 15.0. The molecule has 0 amide bonds. The molecule has 112 valence electrons. The maximum absolute atomic E-state index is 12.0. The van der Waals surface area contributed by atoms with Gasteiger partial charge in [-0.15, -0.1) is 0 Å². The molecule has 0 fully saturated rings. The van der Waals surface area contributed by atoms with Crippen LogP contribution in [0.15, 0.2) is 51.7 Å². The molecular formula is C16H12BrNO3S. The first-order chi connectivity index (χ1) is 10.7. The maximum Gasteiger partial charge on any atom is 0.308 e. The van der Waals surface area contributed by atoms with E-state index in [-0.39, 0.29) is 4.87 Å². The largest absolute Gasteiger partial charge is 0.492 e. The molecule has 0 aliphatic carbocycles. The highest BCUT2D eigenvalue weighted by molar-refractivity contribution is 9.10. The van der Waals surface area contributed by atoms with Gasteiger partial charge in [-0.05, 0) is 42.5 Å². The summed E-state index contributed by atoms with van der Waals surface area (Å²) in [5, 5.41) is 0. The summed E-state index contributed by atoms with van der Waals surface area (Å²) in [6, 6.07) is 12.7. The highest BCUT2D eigenvalue weighted by Gasteiger charge is 2.07. The predicted octanol–water partition coefficient (Wildman–Crippen LogP) is 3.72. The van der Waals surface area contributed by atoms with Crippen molar-refractivity contribution in [1.29, 1.82) is 0 Å². The maximum atomic E-state index is 12.0. The zero-order valence-electron chi connectivity index (χ0n) is 11.5. The Morgan fingerprint density at radius 3 is 2.68 bits per heavy atom. The Morgan fingerprint density at radius 1 is 1.18 bits per heavy atom. The average molecular weight is 378 g/mol. The van der Waals surface area contributed by atoms with E-state index in [2.05, 4.69) is 15.9 Å². The molecule has 3 aromatic rings. The van der Waals surface area contributed by atoms with Crippen LogP contribution in [0, 0.1) is 0 Å². The summed E-state index contributed by atoms with van der Waals surface area (Å²) in [4.78, 5) is 22.6. The number of hydrogen-bond acceptors (Lipinski definition) is 4. The summed E-state index contributed by atoms with van der Waals surface area (Å²) in [7, 11) is 0. The van der Waals surface area contributed by atoms with E-state index in [1.165, 1.54) is 11.3 Å². The molecule has 0 N–H and O–H groups in total. The lowest BCUT2D eigenvalue weighted by Gasteiger charge is -2.07. The molecule has 0 spiro atoms. The fraction of sp³-hybridized carbons (Fsp3) is 0.125. The fourth-order valence-corrected chi connectivity index (χ4v) is 3.62. The van der Waals surface area contributed by atoms with E-state index in [9.17, 15) is 9.59 Å². The van der Waals surface area contributed by atoms with E-state index >= 15 is 0 Å². The molecule has 2 aromatic carbocycles. The van der Waals surface area contributed by atoms with Gasteiger partial charge in [-0.2, -0.15) is 0 Å². The summed E-state index contributed by atoms with van der Waals surface area (Å²) >= 11 is 4.63. The molecule has 0 aliphatic heterocycles. The van der Waals surface area contributed by atoms with E-state index < -0.39 is 0 Å². The number of fused-ring (bicyclic) bond motifs is 1. The molecular weight excluding hydrogens is 366 g/mol. The Bertz CT molecular complexity index is 867. The highest BCUT2D eigenvalue weighted by atomic mass is 79.9. The number of hydrogen-bond donors (Lipinski definition) is 0. The van der Waals surface area contributed by atoms with Crippen LogP contribution >= 0.6 is 27.3 Å². The zero-order chi connectivity index (χ0) is 15.5. The highest BCUT2D eigenvalue weighted by Crippen LogP contribution is 2.22. The van der Waals surface area contributed by atoms with Crippen molar-refractivity contribution in [2.45, 2.75) is 6.54 Å². The van der Waals surface area contributed by atoms with Crippen molar-refractivity contribution < 1.29 is 9.53 Å². The van der Waals surface area contributed by atoms with Gasteiger partial charge < -0.3 is 4.74 Å². The third-order valence-electron chi connectivity index (χ3n) is 3.23. The molecule has 4 nitrogen and oxygen atoms in total. The van der Waals surface area contributed by atoms with Crippen LogP contribution in [0.5, 0.6) is 5.75 Å². The van der Waals surface area contributed by atoms with Crippen molar-refractivity contribution in [3.05, 3.63) is 62.2 Å². The number of ether oxygens (including phenoxy) is 1. The van der Waals surface area contributed by atoms with Crippen molar-refractivity contribution in [2.75, 3.05) is 6.61 Å². The van der Waals surface area contributed by atoms with Crippen molar-refractivity contribution in [2.24, 2.45) is 0 Å². The molecule has 0 atom stereocenters. The minimum absolute atomic E-state index is 0.00741. The third-order valence-corrected chi connectivity index (χ3v) is 4.67. The van der Waals surface area contributed by atoms with Gasteiger partial charge in [-0.3, -0.25) is 14.2 Å². The summed E-state index contributed by atoms with van der Waals surface area (Å²) in [5.74, 6) is 0.681. The number of aromatic nitrogens is 1. The lowest BCUT2D eigenvalue weighted by molar-refractivity contribution is 0.112. The molecule has 0 saturated carbocycles. The van der Waals surface area contributed by atoms with Crippen LogP contribution in [-0.2, 0) is 6.54 Å². The SMILES string of the molecule is O=Cc1ccc(OCCn2c(=O)sc3cc(Br)ccc32)cc1. The lowest BCUT2D eigenvalue weighted by Crippen LogP contribution is -2.17. The van der Waals surface area contributed by atoms with Crippen molar-refractivity contribution >= 4 is 43.8 Å². The molecule has 0 saturated heterocycles. The monoisotopic (exact) mass is 377 g/mol. The van der Waals surface area contributed by atoms with Gasteiger partial charge in [0.25, 0.3) is 0 Å². The second-order valence-electron chi connectivity index (χ2n) is 4.67. The smallest absolute Gasteiger partial charge is 0.308 e. The number of carbonyl (C=O) groups is 1. The molecule has 0 aliphatic rings. The van der Waals surface area contributed by atoms with E-state index in [4.69, 9.17) is 4.74 Å². The topological polar surface area (TPSA) is 48.3 Å². The number of rotatable bonds is 5. The Morgan fingerprint density at radius 2 is 1.95 bits per heavy atom. The van der Waals surface area contributed by atoms with Crippen molar-refractivity contribution in [3.63, 3.8) is 0 Å². The predicted molar refractivity (Wildman–Crippen MR) is 91.1 cm³/mol. The third kappa shape index (κ3) is 3.13. The Balaban J connectivity index is 1.72. The molecule has 1 aromatic heterocycles. The van der Waals surface area contributed by atoms with E-state index in [1.807, 2.05) is 18.2 Å². The molecule has 22 heavy (non-hydrogen) atoms. The molecule has 1 heterocycles.